The van der Waals surface area contributed by atoms with E-state index in [-0.39, 0.29) is 47.8 Å². The lowest BCUT2D eigenvalue weighted by Gasteiger charge is -2.26. The fourth-order valence-corrected chi connectivity index (χ4v) is 4.25. The SMILES string of the molecule is CN(c1nc(-c2ccncc2F)cc(=O)n1C)[C@@H]1[C@@H]2CN(C(=O)CC(F)(F)F)C[C@@H]21. The van der Waals surface area contributed by atoms with Crippen LogP contribution < -0.4 is 10.5 Å². The first-order chi connectivity index (χ1) is 14.1. The Morgan fingerprint density at radius 3 is 2.57 bits per heavy atom. The van der Waals surface area contributed by atoms with Gasteiger partial charge in [-0.1, -0.05) is 0 Å². The van der Waals surface area contributed by atoms with Gasteiger partial charge in [-0.3, -0.25) is 19.1 Å². The minimum Gasteiger partial charge on any atom is -0.342 e. The third-order valence-electron chi connectivity index (χ3n) is 5.78. The molecule has 0 bridgehead atoms. The average Bonchev–Trinajstić information content (AvgIpc) is 3.15. The molecule has 0 spiro atoms. The van der Waals surface area contributed by atoms with Crippen LogP contribution in [0.25, 0.3) is 11.3 Å². The number of piperidine rings is 1. The quantitative estimate of drug-likeness (QED) is 0.699. The third kappa shape index (κ3) is 3.63. The van der Waals surface area contributed by atoms with Crippen LogP contribution in [0.15, 0.2) is 29.3 Å². The van der Waals surface area contributed by atoms with E-state index in [4.69, 9.17) is 0 Å². The summed E-state index contributed by atoms with van der Waals surface area (Å²) in [5.74, 6) is -1.19. The van der Waals surface area contributed by atoms with Crippen molar-refractivity contribution in [3.8, 4) is 11.3 Å². The Hall–Kier alpha value is -2.98. The van der Waals surface area contributed by atoms with E-state index in [0.29, 0.717) is 5.95 Å². The zero-order chi connectivity index (χ0) is 21.8. The zero-order valence-corrected chi connectivity index (χ0v) is 16.2. The first-order valence-corrected chi connectivity index (χ1v) is 9.32. The van der Waals surface area contributed by atoms with E-state index < -0.39 is 24.3 Å². The van der Waals surface area contributed by atoms with Gasteiger partial charge in [0.1, 0.15) is 6.42 Å². The molecule has 2 aromatic heterocycles. The van der Waals surface area contributed by atoms with Crippen LogP contribution in [-0.2, 0) is 11.8 Å². The van der Waals surface area contributed by atoms with Crippen LogP contribution in [0, 0.1) is 17.7 Å². The Labute approximate surface area is 169 Å². The molecule has 30 heavy (non-hydrogen) atoms. The topological polar surface area (TPSA) is 71.3 Å². The van der Waals surface area contributed by atoms with Crippen LogP contribution in [0.1, 0.15) is 6.42 Å². The van der Waals surface area contributed by atoms with Crippen LogP contribution >= 0.6 is 0 Å². The molecular formula is C19H19F4N5O2. The Morgan fingerprint density at radius 1 is 1.30 bits per heavy atom. The summed E-state index contributed by atoms with van der Waals surface area (Å²) in [6, 6.07) is 2.60. The number of amides is 1. The maximum absolute atomic E-state index is 14.1. The number of rotatable bonds is 4. The van der Waals surface area contributed by atoms with Gasteiger partial charge in [0.2, 0.25) is 11.9 Å². The number of alkyl halides is 3. The highest BCUT2D eigenvalue weighted by Gasteiger charge is 2.59. The predicted molar refractivity (Wildman–Crippen MR) is 99.1 cm³/mol. The first-order valence-electron chi connectivity index (χ1n) is 9.32. The molecule has 0 aromatic carbocycles. The van der Waals surface area contributed by atoms with Crippen molar-refractivity contribution in [2.45, 2.75) is 18.6 Å². The van der Waals surface area contributed by atoms with Crippen molar-refractivity contribution in [3.05, 3.63) is 40.7 Å². The van der Waals surface area contributed by atoms with Crippen molar-refractivity contribution in [3.63, 3.8) is 0 Å². The molecule has 2 fully saturated rings. The number of likely N-dealkylation sites (tertiary alicyclic amines) is 1. The van der Waals surface area contributed by atoms with Crippen molar-refractivity contribution in [2.24, 2.45) is 18.9 Å². The number of fused-ring (bicyclic) bond motifs is 1. The van der Waals surface area contributed by atoms with Gasteiger partial charge in [-0.2, -0.15) is 13.2 Å². The van der Waals surface area contributed by atoms with E-state index in [1.165, 1.54) is 27.8 Å². The molecule has 3 atom stereocenters. The molecule has 1 aliphatic heterocycles. The Kier molecular flexibility index (Phi) is 4.78. The number of anilines is 1. The summed E-state index contributed by atoms with van der Waals surface area (Å²) in [5.41, 5.74) is -0.0456. The lowest BCUT2D eigenvalue weighted by Crippen LogP contribution is -2.39. The van der Waals surface area contributed by atoms with Gasteiger partial charge in [0.25, 0.3) is 5.56 Å². The first kappa shape index (κ1) is 20.3. The second-order valence-corrected chi connectivity index (χ2v) is 7.71. The standard InChI is InChI=1S/C19H19F4N5O2/c1-26-15(29)5-14(10-3-4-24-7-13(10)20)25-18(26)27(2)17-11-8-28(9-12(11)17)16(30)6-19(21,22)23/h3-5,7,11-12,17H,6,8-9H2,1-2H3/t11-,12+,17-. The summed E-state index contributed by atoms with van der Waals surface area (Å²) in [6.07, 6.45) is -3.54. The maximum atomic E-state index is 14.1. The molecule has 0 N–H and O–H groups in total. The van der Waals surface area contributed by atoms with Gasteiger partial charge in [-0.15, -0.1) is 0 Å². The van der Waals surface area contributed by atoms with Crippen molar-refractivity contribution in [1.29, 1.82) is 0 Å². The molecule has 4 rings (SSSR count). The van der Waals surface area contributed by atoms with Gasteiger partial charge >= 0.3 is 6.18 Å². The van der Waals surface area contributed by atoms with Crippen LogP contribution in [0.3, 0.4) is 0 Å². The predicted octanol–water partition coefficient (Wildman–Crippen LogP) is 1.83. The molecule has 0 unspecified atom stereocenters. The Balaban J connectivity index is 1.52. The summed E-state index contributed by atoms with van der Waals surface area (Å²) in [6.45, 7) is 0.475. The van der Waals surface area contributed by atoms with Crippen molar-refractivity contribution < 1.29 is 22.4 Å². The fourth-order valence-electron chi connectivity index (χ4n) is 4.25. The van der Waals surface area contributed by atoms with Crippen LogP contribution in [0.5, 0.6) is 0 Å². The number of carbonyl (C=O) groups excluding carboxylic acids is 1. The van der Waals surface area contributed by atoms with Gasteiger partial charge in [0, 0.05) is 62.9 Å². The van der Waals surface area contributed by atoms with Gasteiger partial charge < -0.3 is 9.80 Å². The summed E-state index contributed by atoms with van der Waals surface area (Å²) in [4.78, 5) is 35.4. The monoisotopic (exact) mass is 425 g/mol. The van der Waals surface area contributed by atoms with Gasteiger partial charge in [-0.25, -0.2) is 9.37 Å². The number of hydrogen-bond donors (Lipinski definition) is 0. The van der Waals surface area contributed by atoms with Crippen molar-refractivity contribution in [2.75, 3.05) is 25.0 Å². The highest BCUT2D eigenvalue weighted by Crippen LogP contribution is 2.49. The normalized spacial score (nSPS) is 22.7. The smallest absolute Gasteiger partial charge is 0.342 e. The van der Waals surface area contributed by atoms with Gasteiger partial charge in [0.05, 0.1) is 11.9 Å². The van der Waals surface area contributed by atoms with Crippen LogP contribution in [0.4, 0.5) is 23.5 Å². The molecule has 2 aromatic rings. The summed E-state index contributed by atoms with van der Waals surface area (Å²) in [5, 5.41) is 0. The van der Waals surface area contributed by atoms with Gasteiger partial charge in [0.15, 0.2) is 5.82 Å². The third-order valence-corrected chi connectivity index (χ3v) is 5.78. The number of halogens is 4. The molecule has 7 nitrogen and oxygen atoms in total. The molecule has 0 radical (unpaired) electrons. The minimum absolute atomic E-state index is 0.00500. The lowest BCUT2D eigenvalue weighted by atomic mass is 10.2. The molecule has 2 aliphatic rings. The zero-order valence-electron chi connectivity index (χ0n) is 16.2. The summed E-state index contributed by atoms with van der Waals surface area (Å²) >= 11 is 0. The molecule has 1 amide bonds. The average molecular weight is 425 g/mol. The molecular weight excluding hydrogens is 406 g/mol. The van der Waals surface area contributed by atoms with E-state index in [1.54, 1.807) is 19.0 Å². The Bertz CT molecular complexity index is 1040. The van der Waals surface area contributed by atoms with Crippen molar-refractivity contribution >= 4 is 11.9 Å². The number of nitrogens with zero attached hydrogens (tertiary/aromatic N) is 5. The second-order valence-electron chi connectivity index (χ2n) is 7.71. The molecule has 11 heteroatoms. The molecule has 3 heterocycles. The highest BCUT2D eigenvalue weighted by molar-refractivity contribution is 5.77. The van der Waals surface area contributed by atoms with Crippen LogP contribution in [-0.4, -0.2) is 57.7 Å². The number of aromatic nitrogens is 3. The highest BCUT2D eigenvalue weighted by atomic mass is 19.4. The fraction of sp³-hybridized carbons (Fsp3) is 0.474. The summed E-state index contributed by atoms with van der Waals surface area (Å²) in [7, 11) is 3.28. The largest absolute Gasteiger partial charge is 0.397 e. The minimum atomic E-state index is -4.52. The number of carbonyl (C=O) groups is 1. The number of hydrogen-bond acceptors (Lipinski definition) is 5. The molecule has 1 saturated carbocycles. The molecule has 160 valence electrons. The van der Waals surface area contributed by atoms with E-state index in [0.717, 1.165) is 6.20 Å². The molecule has 1 aliphatic carbocycles. The lowest BCUT2D eigenvalue weighted by molar-refractivity contribution is -0.161. The van der Waals surface area contributed by atoms with Gasteiger partial charge in [-0.05, 0) is 6.07 Å². The number of pyridine rings is 1. The second kappa shape index (κ2) is 7.06. The van der Waals surface area contributed by atoms with E-state index in [1.807, 2.05) is 0 Å². The molecule has 1 saturated heterocycles. The van der Waals surface area contributed by atoms with E-state index in [2.05, 4.69) is 9.97 Å². The van der Waals surface area contributed by atoms with E-state index >= 15 is 0 Å². The van der Waals surface area contributed by atoms with Crippen molar-refractivity contribution in [1.82, 2.24) is 19.4 Å². The Morgan fingerprint density at radius 2 is 1.97 bits per heavy atom. The summed E-state index contributed by atoms with van der Waals surface area (Å²) < 4.78 is 52.8. The maximum Gasteiger partial charge on any atom is 0.397 e. The van der Waals surface area contributed by atoms with Crippen LogP contribution in [0.2, 0.25) is 0 Å². The van der Waals surface area contributed by atoms with E-state index in [9.17, 15) is 27.2 Å².